The first-order valence-electron chi connectivity index (χ1n) is 10.9. The number of hydrogen-bond donors (Lipinski definition) is 0. The van der Waals surface area contributed by atoms with Gasteiger partial charge in [0, 0.05) is 58.8 Å². The fourth-order valence-electron chi connectivity index (χ4n) is 2.55. The number of carbonyl (C=O) groups is 1. The van der Waals surface area contributed by atoms with Crippen LogP contribution in [0.3, 0.4) is 0 Å². The maximum atomic E-state index is 11.6. The number of carbonyl (C=O) groups excluding carboxylic acids is 1. The zero-order chi connectivity index (χ0) is 24.2. The molecule has 2 heterocycles. The number of piperazine rings is 1. The third-order valence-corrected chi connectivity index (χ3v) is 4.07. The minimum Gasteiger partial charge on any atom is -0.462 e. The Morgan fingerprint density at radius 2 is 1.74 bits per heavy atom. The highest BCUT2D eigenvalue weighted by Gasteiger charge is 2.26. The fraction of sp³-hybridized carbons (Fsp3) is 0.696. The van der Waals surface area contributed by atoms with Crippen LogP contribution in [0, 0.1) is 0 Å². The Hall–Kier alpha value is -2.03. The molecule has 180 valence electrons. The van der Waals surface area contributed by atoms with Crippen molar-refractivity contribution in [2.75, 3.05) is 73.0 Å². The molecule has 1 fully saturated rings. The second kappa shape index (κ2) is 19.9. The van der Waals surface area contributed by atoms with Gasteiger partial charge in [-0.3, -0.25) is 4.90 Å². The van der Waals surface area contributed by atoms with Gasteiger partial charge in [0.15, 0.2) is 0 Å². The van der Waals surface area contributed by atoms with E-state index in [0.29, 0.717) is 24.2 Å². The van der Waals surface area contributed by atoms with Crippen LogP contribution in [0.15, 0.2) is 25.0 Å². The number of ether oxygens (including phenoxy) is 2. The van der Waals surface area contributed by atoms with Crippen molar-refractivity contribution < 1.29 is 14.3 Å². The van der Waals surface area contributed by atoms with Gasteiger partial charge in [-0.05, 0) is 34.5 Å². The molecule has 1 aliphatic heterocycles. The van der Waals surface area contributed by atoms with E-state index in [4.69, 9.17) is 4.74 Å². The molecule has 0 aliphatic carbocycles. The van der Waals surface area contributed by atoms with Crippen LogP contribution in [-0.4, -0.2) is 99.9 Å². The Morgan fingerprint density at radius 3 is 2.16 bits per heavy atom. The van der Waals surface area contributed by atoms with E-state index in [1.54, 1.807) is 33.5 Å². The van der Waals surface area contributed by atoms with E-state index in [9.17, 15) is 4.79 Å². The molecule has 0 aromatic carbocycles. The summed E-state index contributed by atoms with van der Waals surface area (Å²) in [5, 5.41) is 0. The maximum Gasteiger partial charge on any atom is 0.341 e. The Bertz CT molecular complexity index is 567. The van der Waals surface area contributed by atoms with Crippen molar-refractivity contribution >= 4 is 11.9 Å². The van der Waals surface area contributed by atoms with Crippen LogP contribution < -0.4 is 4.90 Å². The summed E-state index contributed by atoms with van der Waals surface area (Å²) >= 11 is 0. The molecule has 0 radical (unpaired) electrons. The van der Waals surface area contributed by atoms with E-state index in [-0.39, 0.29) is 5.97 Å². The molecule has 8 nitrogen and oxygen atoms in total. The summed E-state index contributed by atoms with van der Waals surface area (Å²) in [5.74, 6) is 0.294. The van der Waals surface area contributed by atoms with Crippen LogP contribution in [0.1, 0.15) is 44.5 Å². The lowest BCUT2D eigenvalue weighted by Crippen LogP contribution is -2.55. The molecule has 0 saturated carbocycles. The Labute approximate surface area is 190 Å². The van der Waals surface area contributed by atoms with Gasteiger partial charge >= 0.3 is 5.97 Å². The van der Waals surface area contributed by atoms with E-state index in [2.05, 4.69) is 64.1 Å². The number of nitrogens with zero attached hydrogens (tertiary/aromatic N) is 5. The average Bonchev–Trinajstić information content (AvgIpc) is 2.77. The molecule has 0 N–H and O–H groups in total. The molecule has 8 heteroatoms. The van der Waals surface area contributed by atoms with Crippen molar-refractivity contribution in [2.24, 2.45) is 0 Å². The second-order valence-corrected chi connectivity index (χ2v) is 6.94. The predicted octanol–water partition coefficient (Wildman–Crippen LogP) is 3.21. The molecule has 0 amide bonds. The molecule has 1 aromatic heterocycles. The van der Waals surface area contributed by atoms with Crippen molar-refractivity contribution in [2.45, 2.75) is 40.2 Å². The van der Waals surface area contributed by atoms with Crippen molar-refractivity contribution in [3.05, 3.63) is 30.6 Å². The van der Waals surface area contributed by atoms with Gasteiger partial charge in [-0.25, -0.2) is 14.8 Å². The minimum atomic E-state index is -0.377. The second-order valence-electron chi connectivity index (χ2n) is 6.94. The Kier molecular flexibility index (Phi) is 20.0. The molecule has 0 bridgehead atoms. The average molecular weight is 440 g/mol. The lowest BCUT2D eigenvalue weighted by molar-refractivity contribution is 0.0525. The molecule has 31 heavy (non-hydrogen) atoms. The molecule has 1 aliphatic rings. The molecule has 1 saturated heterocycles. The predicted molar refractivity (Wildman–Crippen MR) is 130 cm³/mol. The topological polar surface area (TPSA) is 71.0 Å². The van der Waals surface area contributed by atoms with E-state index >= 15 is 0 Å². The summed E-state index contributed by atoms with van der Waals surface area (Å²) in [5.41, 5.74) is 0.393. The van der Waals surface area contributed by atoms with E-state index in [0.717, 1.165) is 32.6 Å². The van der Waals surface area contributed by atoms with E-state index in [1.165, 1.54) is 0 Å². The van der Waals surface area contributed by atoms with Crippen molar-refractivity contribution in [1.82, 2.24) is 19.8 Å². The van der Waals surface area contributed by atoms with Crippen molar-refractivity contribution in [3.63, 3.8) is 0 Å². The van der Waals surface area contributed by atoms with Gasteiger partial charge in [-0.1, -0.05) is 26.8 Å². The monoisotopic (exact) mass is 439 g/mol. The van der Waals surface area contributed by atoms with Crippen LogP contribution in [0.5, 0.6) is 0 Å². The first-order valence-corrected chi connectivity index (χ1v) is 10.9. The van der Waals surface area contributed by atoms with Gasteiger partial charge in [0.1, 0.15) is 0 Å². The molecule has 0 spiro atoms. The summed E-state index contributed by atoms with van der Waals surface area (Å²) in [6.07, 6.45) is 6.04. The summed E-state index contributed by atoms with van der Waals surface area (Å²) in [6, 6.07) is 0.442. The summed E-state index contributed by atoms with van der Waals surface area (Å²) in [6.45, 7) is 15.4. The number of esters is 1. The van der Waals surface area contributed by atoms with Gasteiger partial charge in [0.2, 0.25) is 5.95 Å². The number of likely N-dealkylation sites (N-methyl/N-ethyl adjacent to an activating group) is 2. The molecule has 1 unspecified atom stereocenters. The van der Waals surface area contributed by atoms with Crippen LogP contribution in [0.2, 0.25) is 0 Å². The fourth-order valence-corrected chi connectivity index (χ4v) is 2.55. The van der Waals surface area contributed by atoms with E-state index < -0.39 is 0 Å². The molecule has 2 rings (SSSR count). The Morgan fingerprint density at radius 1 is 1.23 bits per heavy atom. The SMILES string of the molecule is C=CCC.CC.CCOC(=O)c1cnc(N2CCN(C)C(CN(C)C)C2)nc1.COC. The summed E-state index contributed by atoms with van der Waals surface area (Å²) in [7, 11) is 9.56. The lowest BCUT2D eigenvalue weighted by Gasteiger charge is -2.40. The number of allylic oxidation sites excluding steroid dienone is 1. The van der Waals surface area contributed by atoms with Crippen LogP contribution in [0.25, 0.3) is 0 Å². The first kappa shape index (κ1) is 31.2. The third kappa shape index (κ3) is 13.8. The van der Waals surface area contributed by atoms with Gasteiger partial charge in [-0.2, -0.15) is 0 Å². The van der Waals surface area contributed by atoms with E-state index in [1.807, 2.05) is 19.9 Å². The number of aromatic nitrogens is 2. The van der Waals surface area contributed by atoms with Crippen LogP contribution in [-0.2, 0) is 9.47 Å². The highest BCUT2D eigenvalue weighted by molar-refractivity contribution is 5.88. The Balaban J connectivity index is 0. The third-order valence-electron chi connectivity index (χ3n) is 4.07. The standard InChI is InChI=1S/C15H25N5O2.C4H8.C2H6O.C2H6/c1-5-22-14(21)12-8-16-15(17-9-12)20-7-6-19(4)13(11-20)10-18(2)3;1-3-4-2;1-3-2;1-2/h8-9,13H,5-7,10-11H2,1-4H3;3H,1,4H2,2H3;1-2H3;1-2H3. The van der Waals surface area contributed by atoms with Crippen molar-refractivity contribution in [3.8, 4) is 0 Å². The molecule has 1 atom stereocenters. The van der Waals surface area contributed by atoms with Crippen molar-refractivity contribution in [1.29, 1.82) is 0 Å². The summed E-state index contributed by atoms with van der Waals surface area (Å²) < 4.78 is 9.19. The van der Waals surface area contributed by atoms with Crippen LogP contribution in [0.4, 0.5) is 5.95 Å². The highest BCUT2D eigenvalue weighted by Crippen LogP contribution is 2.15. The van der Waals surface area contributed by atoms with Gasteiger partial charge < -0.3 is 19.3 Å². The zero-order valence-electron chi connectivity index (χ0n) is 21.2. The van der Waals surface area contributed by atoms with Gasteiger partial charge in [0.05, 0.1) is 12.2 Å². The number of anilines is 1. The lowest BCUT2D eigenvalue weighted by atomic mass is 10.2. The quantitative estimate of drug-likeness (QED) is 0.494. The molecular formula is C23H45N5O3. The zero-order valence-corrected chi connectivity index (χ0v) is 21.2. The molecular weight excluding hydrogens is 394 g/mol. The molecule has 1 aromatic rings. The van der Waals surface area contributed by atoms with Gasteiger partial charge in [-0.15, -0.1) is 6.58 Å². The largest absolute Gasteiger partial charge is 0.462 e. The van der Waals surface area contributed by atoms with Gasteiger partial charge in [0.25, 0.3) is 0 Å². The normalized spacial score (nSPS) is 15.4. The van der Waals surface area contributed by atoms with Crippen LogP contribution >= 0.6 is 0 Å². The number of methoxy groups -OCH3 is 1. The highest BCUT2D eigenvalue weighted by atomic mass is 16.5. The minimum absolute atomic E-state index is 0.352. The summed E-state index contributed by atoms with van der Waals surface area (Å²) in [4.78, 5) is 27.0. The maximum absolute atomic E-state index is 11.6. The number of rotatable bonds is 6. The smallest absolute Gasteiger partial charge is 0.341 e. The first-order chi connectivity index (χ1) is 14.8. The number of hydrogen-bond acceptors (Lipinski definition) is 8.